The van der Waals surface area contributed by atoms with Gasteiger partial charge in [-0.25, -0.2) is 0 Å². The number of benzene rings is 1. The fourth-order valence-corrected chi connectivity index (χ4v) is 3.46. The third kappa shape index (κ3) is 7.93. The summed E-state index contributed by atoms with van der Waals surface area (Å²) < 4.78 is 26.5. The summed E-state index contributed by atoms with van der Waals surface area (Å²) in [4.78, 5) is 39.5. The molecule has 0 saturated carbocycles. The van der Waals surface area contributed by atoms with E-state index in [4.69, 9.17) is 9.79 Å². The van der Waals surface area contributed by atoms with E-state index in [0.717, 1.165) is 5.56 Å². The molecule has 0 fully saturated rings. The molecule has 1 aromatic carbocycles. The minimum atomic E-state index is -5.59. The third-order valence-corrected chi connectivity index (χ3v) is 5.60. The number of ether oxygens (including phenoxy) is 1. The van der Waals surface area contributed by atoms with E-state index in [1.807, 2.05) is 20.8 Å². The molecule has 1 unspecified atom stereocenters. The summed E-state index contributed by atoms with van der Waals surface area (Å²) in [5.41, 5.74) is -1.94. The van der Waals surface area contributed by atoms with Crippen molar-refractivity contribution in [2.24, 2.45) is 0 Å². The van der Waals surface area contributed by atoms with Crippen molar-refractivity contribution in [2.75, 3.05) is 0 Å². The predicted octanol–water partition coefficient (Wildman–Crippen LogP) is -5.25. The van der Waals surface area contributed by atoms with Gasteiger partial charge in [-0.2, -0.15) is 0 Å². The molecule has 114 valence electrons. The van der Waals surface area contributed by atoms with Gasteiger partial charge < -0.3 is 28.9 Å². The largest absolute Gasteiger partial charge is 1.00 e. The van der Waals surface area contributed by atoms with Crippen LogP contribution in [0.2, 0.25) is 0 Å². The molecule has 0 amide bonds. The molecule has 0 saturated heterocycles. The number of rotatable bonds is 4. The van der Waals surface area contributed by atoms with Crippen molar-refractivity contribution in [1.82, 2.24) is 0 Å². The summed E-state index contributed by atoms with van der Waals surface area (Å²) in [5.74, 6) is -0.0988. The van der Waals surface area contributed by atoms with Crippen LogP contribution in [-0.4, -0.2) is 15.4 Å². The van der Waals surface area contributed by atoms with Crippen molar-refractivity contribution in [1.29, 1.82) is 0 Å². The Kier molecular flexibility index (Phi) is 10.6. The maximum atomic E-state index is 11.0. The van der Waals surface area contributed by atoms with Crippen LogP contribution in [0.5, 0.6) is 5.75 Å². The number of hydrogen-bond acceptors (Lipinski definition) is 5. The summed E-state index contributed by atoms with van der Waals surface area (Å²) in [6.07, 6.45) is 0. The van der Waals surface area contributed by atoms with Gasteiger partial charge in [-0.15, -0.1) is 0 Å². The first-order valence-corrected chi connectivity index (χ1v) is 8.95. The van der Waals surface area contributed by atoms with E-state index in [1.54, 1.807) is 12.1 Å². The first kappa shape index (κ1) is 25.6. The average Bonchev–Trinajstić information content (AvgIpc) is 2.22. The van der Waals surface area contributed by atoms with Crippen LogP contribution in [0, 0.1) is 0 Å². The van der Waals surface area contributed by atoms with Gasteiger partial charge in [0.05, 0.1) is 0 Å². The van der Waals surface area contributed by atoms with Crippen LogP contribution in [0.15, 0.2) is 24.3 Å². The second kappa shape index (κ2) is 9.14. The van der Waals surface area contributed by atoms with Gasteiger partial charge in [-0.3, -0.25) is 4.57 Å². The molecular formula is C11H16Na2O7P2. The van der Waals surface area contributed by atoms with Crippen molar-refractivity contribution in [3.63, 3.8) is 0 Å². The smallest absolute Gasteiger partial charge is 0.808 e. The summed E-state index contributed by atoms with van der Waals surface area (Å²) in [6.45, 7) is 5.89. The Bertz CT molecular complexity index is 537. The molecule has 1 rings (SSSR count). The zero-order valence-corrected chi connectivity index (χ0v) is 19.0. The van der Waals surface area contributed by atoms with Crippen LogP contribution in [0.1, 0.15) is 26.3 Å². The molecule has 0 radical (unpaired) electrons. The molecule has 0 aliphatic carbocycles. The van der Waals surface area contributed by atoms with Crippen LogP contribution < -0.4 is 73.6 Å². The molecule has 7 nitrogen and oxygen atoms in total. The van der Waals surface area contributed by atoms with E-state index in [1.165, 1.54) is 12.1 Å². The van der Waals surface area contributed by atoms with E-state index in [-0.39, 0.29) is 70.3 Å². The van der Waals surface area contributed by atoms with E-state index < -0.39 is 20.8 Å². The normalized spacial score (nSPS) is 13.6. The van der Waals surface area contributed by atoms with E-state index in [0.29, 0.717) is 0 Å². The molecule has 0 heterocycles. The molecule has 0 aromatic heterocycles. The maximum absolute atomic E-state index is 11.0. The van der Waals surface area contributed by atoms with E-state index in [2.05, 4.69) is 4.74 Å². The molecule has 22 heavy (non-hydrogen) atoms. The molecule has 2 N–H and O–H groups in total. The molecule has 1 atom stereocenters. The second-order valence-corrected chi connectivity index (χ2v) is 8.95. The minimum Gasteiger partial charge on any atom is -0.808 e. The first-order chi connectivity index (χ1) is 8.82. The summed E-state index contributed by atoms with van der Waals surface area (Å²) >= 11 is 0. The monoisotopic (exact) mass is 368 g/mol. The van der Waals surface area contributed by atoms with Gasteiger partial charge in [0.1, 0.15) is 5.75 Å². The molecule has 1 aromatic rings. The standard InChI is InChI=1S/C11H18O7P2.2Na/c1-11(2,3)8-4-6-9(7-5-8)18-10(19(12,13)14)20(15,16)17;;/h4-7,10H,1-3H3,(H2,12,13,14)(H2,15,16,17);;/q;2*+1/p-2. The fraction of sp³-hybridized carbons (Fsp3) is 0.455. The van der Waals surface area contributed by atoms with Gasteiger partial charge in [0.25, 0.3) is 0 Å². The molecule has 0 bridgehead atoms. The Balaban J connectivity index is 0. The minimum absolute atomic E-state index is 0. The van der Waals surface area contributed by atoms with Crippen molar-refractivity contribution in [3.05, 3.63) is 29.8 Å². The number of hydrogen-bond donors (Lipinski definition) is 2. The zero-order chi connectivity index (χ0) is 15.8. The quantitative estimate of drug-likeness (QED) is 0.401. The Morgan fingerprint density at radius 2 is 1.45 bits per heavy atom. The topological polar surface area (TPSA) is 130 Å². The summed E-state index contributed by atoms with van der Waals surface area (Å²) in [7, 11) is -10.8. The van der Waals surface area contributed by atoms with Crippen molar-refractivity contribution < 1.29 is 92.6 Å². The van der Waals surface area contributed by atoms with Gasteiger partial charge in [0, 0.05) is 0 Å². The van der Waals surface area contributed by atoms with Gasteiger partial charge in [-0.05, 0) is 30.7 Å². The molecule has 0 aliphatic heterocycles. The van der Waals surface area contributed by atoms with Crippen LogP contribution in [0.4, 0.5) is 0 Å². The van der Waals surface area contributed by atoms with Crippen LogP contribution in [-0.2, 0) is 14.5 Å². The van der Waals surface area contributed by atoms with Gasteiger partial charge in [0.2, 0.25) is 5.59 Å². The van der Waals surface area contributed by atoms with Crippen molar-refractivity contribution in [3.8, 4) is 5.75 Å². The summed E-state index contributed by atoms with van der Waals surface area (Å²) in [6, 6.07) is 5.98. The molecule has 11 heteroatoms. The molecule has 0 aliphatic rings. The van der Waals surface area contributed by atoms with E-state index >= 15 is 0 Å². The van der Waals surface area contributed by atoms with Gasteiger partial charge >= 0.3 is 66.7 Å². The Morgan fingerprint density at radius 3 is 1.73 bits per heavy atom. The Hall–Kier alpha value is 1.32. The second-order valence-electron chi connectivity index (χ2n) is 5.35. The average molecular weight is 368 g/mol. The van der Waals surface area contributed by atoms with Crippen molar-refractivity contribution >= 4 is 15.2 Å². The third-order valence-electron chi connectivity index (χ3n) is 2.52. The zero-order valence-electron chi connectivity index (χ0n) is 13.2. The predicted molar refractivity (Wildman–Crippen MR) is 69.2 cm³/mol. The summed E-state index contributed by atoms with van der Waals surface area (Å²) in [5, 5.41) is 0. The SMILES string of the molecule is CC(C)(C)c1ccc(OC(P(=O)([O-])[O-])P(=O)(O)O)cc1.[Na+].[Na+]. The van der Waals surface area contributed by atoms with E-state index in [9.17, 15) is 18.9 Å². The van der Waals surface area contributed by atoms with Gasteiger partial charge in [0.15, 0.2) is 0 Å². The van der Waals surface area contributed by atoms with Gasteiger partial charge in [-0.1, -0.05) is 32.9 Å². The Labute approximate surface area is 173 Å². The Morgan fingerprint density at radius 1 is 1.05 bits per heavy atom. The van der Waals surface area contributed by atoms with Crippen LogP contribution >= 0.6 is 15.2 Å². The maximum Gasteiger partial charge on any atom is 1.00 e. The van der Waals surface area contributed by atoms with Crippen LogP contribution in [0.25, 0.3) is 0 Å². The molecule has 0 spiro atoms. The molecular weight excluding hydrogens is 352 g/mol. The first-order valence-electron chi connectivity index (χ1n) is 5.66. The van der Waals surface area contributed by atoms with Crippen molar-refractivity contribution in [2.45, 2.75) is 31.8 Å². The van der Waals surface area contributed by atoms with Crippen LogP contribution in [0.3, 0.4) is 0 Å². The fourth-order valence-electron chi connectivity index (χ4n) is 1.47.